The van der Waals surface area contributed by atoms with Gasteiger partial charge >= 0.3 is 0 Å². The lowest BCUT2D eigenvalue weighted by Crippen LogP contribution is -2.18. The van der Waals surface area contributed by atoms with Crippen LogP contribution in [0.5, 0.6) is 0 Å². The molecule has 0 N–H and O–H groups in total. The molecule has 0 fully saturated rings. The molecule has 0 saturated carbocycles. The Kier molecular flexibility index (Phi) is 1.72. The molecule has 1 aliphatic heterocycles. The maximum absolute atomic E-state index is 4.57. The van der Waals surface area contributed by atoms with Gasteiger partial charge in [-0.2, -0.15) is 0 Å². The topological polar surface area (TPSA) is 12.4 Å². The molecule has 0 amide bonds. The summed E-state index contributed by atoms with van der Waals surface area (Å²) in [6.07, 6.45) is 10.5. The second-order valence-corrected chi connectivity index (χ2v) is 3.38. The van der Waals surface area contributed by atoms with Gasteiger partial charge in [-0.1, -0.05) is 37.8 Å². The van der Waals surface area contributed by atoms with Crippen molar-refractivity contribution < 1.29 is 0 Å². The molecule has 0 saturated heterocycles. The van der Waals surface area contributed by atoms with Crippen LogP contribution in [0, 0.1) is 11.8 Å². The van der Waals surface area contributed by atoms with Crippen molar-refractivity contribution in [2.24, 2.45) is 16.8 Å². The molecule has 0 aromatic heterocycles. The van der Waals surface area contributed by atoms with Crippen LogP contribution in [-0.2, 0) is 0 Å². The lowest BCUT2D eigenvalue weighted by molar-refractivity contribution is 0.529. The standard InChI is InChI=1S/C11H13N/c1-3-10-8(2)9-6-4-5-7-11(9)12-10/h3-9,11H,1H2,2H3. The molecule has 3 unspecified atom stereocenters. The summed E-state index contributed by atoms with van der Waals surface area (Å²) in [6.45, 7) is 5.99. The van der Waals surface area contributed by atoms with Gasteiger partial charge in [0.25, 0.3) is 0 Å². The summed E-state index contributed by atoms with van der Waals surface area (Å²) in [5.74, 6) is 1.11. The van der Waals surface area contributed by atoms with Gasteiger partial charge in [0, 0.05) is 17.5 Å². The van der Waals surface area contributed by atoms with Crippen LogP contribution in [0.3, 0.4) is 0 Å². The fourth-order valence-corrected chi connectivity index (χ4v) is 1.93. The molecule has 2 aliphatic rings. The summed E-state index contributed by atoms with van der Waals surface area (Å²) in [5.41, 5.74) is 1.15. The Morgan fingerprint density at radius 1 is 1.42 bits per heavy atom. The van der Waals surface area contributed by atoms with E-state index in [-0.39, 0.29) is 0 Å². The number of hydrogen-bond acceptors (Lipinski definition) is 1. The fourth-order valence-electron chi connectivity index (χ4n) is 1.93. The van der Waals surface area contributed by atoms with Crippen molar-refractivity contribution in [3.05, 3.63) is 37.0 Å². The number of fused-ring (bicyclic) bond motifs is 1. The highest BCUT2D eigenvalue weighted by Gasteiger charge is 2.31. The molecule has 0 radical (unpaired) electrons. The van der Waals surface area contributed by atoms with Gasteiger partial charge in [-0.3, -0.25) is 4.99 Å². The van der Waals surface area contributed by atoms with Crippen molar-refractivity contribution in [2.45, 2.75) is 13.0 Å². The van der Waals surface area contributed by atoms with Crippen molar-refractivity contribution in [3.63, 3.8) is 0 Å². The molecule has 1 heteroatoms. The Hall–Kier alpha value is -1.11. The zero-order valence-corrected chi connectivity index (χ0v) is 7.27. The van der Waals surface area contributed by atoms with E-state index in [0.29, 0.717) is 17.9 Å². The maximum Gasteiger partial charge on any atom is 0.0755 e. The molecule has 3 atom stereocenters. The number of nitrogens with zero attached hydrogens (tertiary/aromatic N) is 1. The van der Waals surface area contributed by atoms with Crippen LogP contribution in [-0.4, -0.2) is 11.8 Å². The first kappa shape index (κ1) is 7.53. The van der Waals surface area contributed by atoms with Gasteiger partial charge in [-0.05, 0) is 6.08 Å². The van der Waals surface area contributed by atoms with E-state index in [9.17, 15) is 0 Å². The van der Waals surface area contributed by atoms with E-state index in [1.54, 1.807) is 0 Å². The summed E-state index contributed by atoms with van der Waals surface area (Å²) in [4.78, 5) is 4.57. The molecular formula is C11H13N. The smallest absolute Gasteiger partial charge is 0.0755 e. The van der Waals surface area contributed by atoms with E-state index in [0.717, 1.165) is 5.71 Å². The summed E-state index contributed by atoms with van der Waals surface area (Å²) >= 11 is 0. The summed E-state index contributed by atoms with van der Waals surface area (Å²) in [5, 5.41) is 0. The molecule has 1 aliphatic carbocycles. The second kappa shape index (κ2) is 2.74. The van der Waals surface area contributed by atoms with Crippen LogP contribution >= 0.6 is 0 Å². The Morgan fingerprint density at radius 2 is 2.17 bits per heavy atom. The third-order valence-corrected chi connectivity index (χ3v) is 2.70. The molecule has 1 nitrogen and oxygen atoms in total. The quantitative estimate of drug-likeness (QED) is 0.557. The Balaban J connectivity index is 2.30. The summed E-state index contributed by atoms with van der Waals surface area (Å²) < 4.78 is 0. The maximum atomic E-state index is 4.57. The minimum atomic E-state index is 0.373. The average molecular weight is 159 g/mol. The molecule has 0 spiro atoms. The molecular weight excluding hydrogens is 146 g/mol. The van der Waals surface area contributed by atoms with Crippen molar-refractivity contribution in [1.82, 2.24) is 0 Å². The Morgan fingerprint density at radius 3 is 2.83 bits per heavy atom. The van der Waals surface area contributed by atoms with Gasteiger partial charge in [0.15, 0.2) is 0 Å². The molecule has 2 rings (SSSR count). The Bertz CT molecular complexity index is 283. The first-order valence-corrected chi connectivity index (χ1v) is 4.38. The highest BCUT2D eigenvalue weighted by molar-refractivity contribution is 5.98. The van der Waals surface area contributed by atoms with Gasteiger partial charge in [-0.15, -0.1) is 0 Å². The van der Waals surface area contributed by atoms with Crippen molar-refractivity contribution in [2.75, 3.05) is 0 Å². The number of hydrogen-bond donors (Lipinski definition) is 0. The minimum Gasteiger partial charge on any atom is -0.281 e. The van der Waals surface area contributed by atoms with E-state index in [2.05, 4.69) is 42.8 Å². The third kappa shape index (κ3) is 0.970. The van der Waals surface area contributed by atoms with Crippen LogP contribution in [0.25, 0.3) is 0 Å². The predicted octanol–water partition coefficient (Wildman–Crippen LogP) is 2.37. The highest BCUT2D eigenvalue weighted by Crippen LogP contribution is 2.31. The second-order valence-electron chi connectivity index (χ2n) is 3.38. The summed E-state index contributed by atoms with van der Waals surface area (Å²) in [6, 6.07) is 0.373. The van der Waals surface area contributed by atoms with Crippen LogP contribution < -0.4 is 0 Å². The lowest BCUT2D eigenvalue weighted by Gasteiger charge is -2.17. The van der Waals surface area contributed by atoms with Gasteiger partial charge < -0.3 is 0 Å². The molecule has 62 valence electrons. The first-order chi connectivity index (χ1) is 5.83. The number of rotatable bonds is 1. The third-order valence-electron chi connectivity index (χ3n) is 2.70. The largest absolute Gasteiger partial charge is 0.281 e. The normalized spacial score (nSPS) is 37.8. The first-order valence-electron chi connectivity index (χ1n) is 4.38. The van der Waals surface area contributed by atoms with E-state index in [1.807, 2.05) is 6.08 Å². The Labute approximate surface area is 73.2 Å². The van der Waals surface area contributed by atoms with Crippen LogP contribution in [0.2, 0.25) is 0 Å². The van der Waals surface area contributed by atoms with E-state index in [4.69, 9.17) is 0 Å². The van der Waals surface area contributed by atoms with Gasteiger partial charge in [0.2, 0.25) is 0 Å². The summed E-state index contributed by atoms with van der Waals surface area (Å²) in [7, 11) is 0. The fraction of sp³-hybridized carbons (Fsp3) is 0.364. The molecule has 1 heterocycles. The highest BCUT2D eigenvalue weighted by atomic mass is 14.9. The lowest BCUT2D eigenvalue weighted by atomic mass is 9.86. The van der Waals surface area contributed by atoms with Crippen molar-refractivity contribution in [3.8, 4) is 0 Å². The average Bonchev–Trinajstić information content (AvgIpc) is 2.44. The SMILES string of the molecule is C=CC1=NC2C=CC=CC2C1C. The van der Waals surface area contributed by atoms with Crippen molar-refractivity contribution in [1.29, 1.82) is 0 Å². The number of aliphatic imine (C=N–C) groups is 1. The van der Waals surface area contributed by atoms with Crippen LogP contribution in [0.15, 0.2) is 42.0 Å². The van der Waals surface area contributed by atoms with Crippen molar-refractivity contribution >= 4 is 5.71 Å². The molecule has 0 bridgehead atoms. The molecule has 12 heavy (non-hydrogen) atoms. The predicted molar refractivity (Wildman–Crippen MR) is 52.4 cm³/mol. The van der Waals surface area contributed by atoms with E-state index >= 15 is 0 Å². The van der Waals surface area contributed by atoms with Crippen LogP contribution in [0.1, 0.15) is 6.92 Å². The van der Waals surface area contributed by atoms with Gasteiger partial charge in [0.05, 0.1) is 6.04 Å². The van der Waals surface area contributed by atoms with Gasteiger partial charge in [-0.25, -0.2) is 0 Å². The minimum absolute atomic E-state index is 0.373. The zero-order valence-electron chi connectivity index (χ0n) is 7.27. The molecule has 0 aromatic rings. The van der Waals surface area contributed by atoms with E-state index < -0.39 is 0 Å². The van der Waals surface area contributed by atoms with Gasteiger partial charge in [0.1, 0.15) is 0 Å². The molecule has 0 aromatic carbocycles. The van der Waals surface area contributed by atoms with E-state index in [1.165, 1.54) is 0 Å². The monoisotopic (exact) mass is 159 g/mol. The van der Waals surface area contributed by atoms with Crippen LogP contribution in [0.4, 0.5) is 0 Å². The zero-order chi connectivity index (χ0) is 8.55. The number of allylic oxidation sites excluding steroid dienone is 3.